The quantitative estimate of drug-likeness (QED) is 0.892. The average Bonchev–Trinajstić information content (AvgIpc) is 2.79. The van der Waals surface area contributed by atoms with Crippen molar-refractivity contribution in [3.05, 3.63) is 12.7 Å². The second-order valence-corrected chi connectivity index (χ2v) is 4.08. The fraction of sp³-hybridized carbons (Fsp3) is 0.800. The molecule has 2 heterocycles. The van der Waals surface area contributed by atoms with Crippen molar-refractivity contribution in [2.75, 3.05) is 19.6 Å². The molecule has 1 aliphatic rings. The average molecular weight is 282 g/mol. The Morgan fingerprint density at radius 2 is 2.06 bits per heavy atom. The number of halogens is 2. The third kappa shape index (κ3) is 4.79. The Bertz CT molecular complexity index is 280. The molecule has 1 aromatic heterocycles. The largest absolute Gasteiger partial charge is 0.329 e. The Hall–Kier alpha value is -0.360. The van der Waals surface area contributed by atoms with Crippen LogP contribution < -0.4 is 5.73 Å². The van der Waals surface area contributed by atoms with Crippen LogP contribution in [-0.4, -0.2) is 45.3 Å². The van der Waals surface area contributed by atoms with Crippen molar-refractivity contribution in [1.29, 1.82) is 0 Å². The first-order chi connectivity index (χ1) is 7.40. The Morgan fingerprint density at radius 1 is 1.24 bits per heavy atom. The van der Waals surface area contributed by atoms with Gasteiger partial charge in [-0.05, 0) is 19.4 Å². The van der Waals surface area contributed by atoms with Crippen LogP contribution in [0.4, 0.5) is 0 Å². The number of likely N-dealkylation sites (tertiary alicyclic amines) is 1. The molecule has 5 nitrogen and oxygen atoms in total. The molecule has 7 heteroatoms. The minimum Gasteiger partial charge on any atom is -0.329 e. The zero-order valence-corrected chi connectivity index (χ0v) is 11.5. The van der Waals surface area contributed by atoms with Crippen LogP contribution in [0.3, 0.4) is 0 Å². The monoisotopic (exact) mass is 281 g/mol. The summed E-state index contributed by atoms with van der Waals surface area (Å²) in [6.45, 7) is 3.90. The van der Waals surface area contributed by atoms with Crippen LogP contribution in [0.1, 0.15) is 19.3 Å². The van der Waals surface area contributed by atoms with Gasteiger partial charge in [0.05, 0.1) is 6.54 Å². The number of nitrogens with two attached hydrogens (primary N) is 1. The van der Waals surface area contributed by atoms with Crippen molar-refractivity contribution in [1.82, 2.24) is 19.7 Å². The number of nitrogens with zero attached hydrogens (tertiary/aromatic N) is 4. The molecule has 17 heavy (non-hydrogen) atoms. The zero-order chi connectivity index (χ0) is 10.5. The van der Waals surface area contributed by atoms with Crippen molar-refractivity contribution < 1.29 is 0 Å². The van der Waals surface area contributed by atoms with Crippen LogP contribution in [0.25, 0.3) is 0 Å². The Balaban J connectivity index is 0.00000128. The second-order valence-electron chi connectivity index (χ2n) is 4.08. The highest BCUT2D eigenvalue weighted by Crippen LogP contribution is 2.15. The van der Waals surface area contributed by atoms with E-state index in [2.05, 4.69) is 15.0 Å². The standard InChI is InChI=1S/C10H19N5.2ClH/c11-7-10-3-1-2-4-14(10)5-6-15-9-12-8-13-15;;/h8-10H,1-7,11H2;2*1H. The number of hydrogen-bond donors (Lipinski definition) is 1. The minimum atomic E-state index is 0. The molecule has 100 valence electrons. The maximum absolute atomic E-state index is 5.77. The predicted molar refractivity (Wildman–Crippen MR) is 72.8 cm³/mol. The molecule has 1 aliphatic heterocycles. The van der Waals surface area contributed by atoms with Crippen molar-refractivity contribution >= 4 is 24.8 Å². The summed E-state index contributed by atoms with van der Waals surface area (Å²) in [7, 11) is 0. The highest BCUT2D eigenvalue weighted by atomic mass is 35.5. The summed E-state index contributed by atoms with van der Waals surface area (Å²) in [6, 6.07) is 0.572. The molecule has 0 aliphatic carbocycles. The summed E-state index contributed by atoms with van der Waals surface area (Å²) in [6.07, 6.45) is 7.21. The summed E-state index contributed by atoms with van der Waals surface area (Å²) >= 11 is 0. The van der Waals surface area contributed by atoms with E-state index < -0.39 is 0 Å². The summed E-state index contributed by atoms with van der Waals surface area (Å²) in [5.41, 5.74) is 5.77. The lowest BCUT2D eigenvalue weighted by molar-refractivity contribution is 0.146. The summed E-state index contributed by atoms with van der Waals surface area (Å²) in [5, 5.41) is 4.10. The van der Waals surface area contributed by atoms with E-state index in [9.17, 15) is 0 Å². The van der Waals surface area contributed by atoms with Crippen molar-refractivity contribution in [3.8, 4) is 0 Å². The normalized spacial score (nSPS) is 20.4. The van der Waals surface area contributed by atoms with Crippen molar-refractivity contribution in [3.63, 3.8) is 0 Å². The molecule has 2 rings (SSSR count). The third-order valence-electron chi connectivity index (χ3n) is 3.10. The van der Waals surface area contributed by atoms with Gasteiger partial charge >= 0.3 is 0 Å². The molecule has 0 spiro atoms. The molecule has 1 aromatic rings. The van der Waals surface area contributed by atoms with Crippen molar-refractivity contribution in [2.45, 2.75) is 31.8 Å². The molecular weight excluding hydrogens is 261 g/mol. The Morgan fingerprint density at radius 3 is 2.71 bits per heavy atom. The van der Waals surface area contributed by atoms with E-state index in [1.54, 1.807) is 12.7 Å². The lowest BCUT2D eigenvalue weighted by Gasteiger charge is -2.34. The molecule has 0 bridgehead atoms. The summed E-state index contributed by atoms with van der Waals surface area (Å²) in [4.78, 5) is 6.41. The minimum absolute atomic E-state index is 0. The van der Waals surface area contributed by atoms with Crippen LogP contribution in [0.2, 0.25) is 0 Å². The molecule has 0 amide bonds. The molecule has 0 saturated carbocycles. The number of aromatic nitrogens is 3. The summed E-state index contributed by atoms with van der Waals surface area (Å²) < 4.78 is 1.88. The fourth-order valence-electron chi connectivity index (χ4n) is 2.20. The maximum Gasteiger partial charge on any atom is 0.137 e. The second kappa shape index (κ2) is 8.69. The van der Waals surface area contributed by atoms with Gasteiger partial charge in [-0.2, -0.15) is 5.10 Å². The fourth-order valence-corrected chi connectivity index (χ4v) is 2.20. The zero-order valence-electron chi connectivity index (χ0n) is 9.86. The molecule has 1 atom stereocenters. The van der Waals surface area contributed by atoms with E-state index >= 15 is 0 Å². The first-order valence-corrected chi connectivity index (χ1v) is 5.66. The van der Waals surface area contributed by atoms with Crippen LogP contribution in [0, 0.1) is 0 Å². The van der Waals surface area contributed by atoms with Gasteiger partial charge < -0.3 is 5.73 Å². The molecule has 1 unspecified atom stereocenters. The van der Waals surface area contributed by atoms with E-state index in [-0.39, 0.29) is 24.8 Å². The topological polar surface area (TPSA) is 60.0 Å². The van der Waals surface area contributed by atoms with E-state index in [4.69, 9.17) is 5.73 Å². The lowest BCUT2D eigenvalue weighted by Crippen LogP contribution is -2.45. The van der Waals surface area contributed by atoms with Gasteiger partial charge in [0.1, 0.15) is 12.7 Å². The van der Waals surface area contributed by atoms with Gasteiger partial charge in [-0.25, -0.2) is 4.98 Å². The van der Waals surface area contributed by atoms with Gasteiger partial charge in [-0.1, -0.05) is 6.42 Å². The number of rotatable bonds is 4. The molecular formula is C10H21Cl2N5. The highest BCUT2D eigenvalue weighted by Gasteiger charge is 2.20. The van der Waals surface area contributed by atoms with Crippen molar-refractivity contribution in [2.24, 2.45) is 5.73 Å². The first-order valence-electron chi connectivity index (χ1n) is 5.66. The molecule has 2 N–H and O–H groups in total. The maximum atomic E-state index is 5.77. The molecule has 1 saturated heterocycles. The van der Waals surface area contributed by atoms with E-state index in [1.807, 2.05) is 4.68 Å². The van der Waals surface area contributed by atoms with E-state index in [0.717, 1.165) is 19.6 Å². The molecule has 0 aromatic carbocycles. The van der Waals surface area contributed by atoms with Gasteiger partial charge in [0, 0.05) is 19.1 Å². The Labute approximate surface area is 115 Å². The predicted octanol–water partition coefficient (Wildman–Crippen LogP) is 0.935. The summed E-state index contributed by atoms with van der Waals surface area (Å²) in [5.74, 6) is 0. The molecule has 0 radical (unpaired) electrons. The van der Waals surface area contributed by atoms with E-state index in [0.29, 0.717) is 6.04 Å². The van der Waals surface area contributed by atoms with Gasteiger partial charge in [-0.3, -0.25) is 9.58 Å². The van der Waals surface area contributed by atoms with Crippen LogP contribution in [0.15, 0.2) is 12.7 Å². The SMILES string of the molecule is Cl.Cl.NCC1CCCCN1CCn1cncn1. The first kappa shape index (κ1) is 16.6. The van der Waals surface area contributed by atoms with Gasteiger partial charge in [0.25, 0.3) is 0 Å². The Kier molecular flexibility index (Phi) is 8.51. The van der Waals surface area contributed by atoms with Crippen LogP contribution >= 0.6 is 24.8 Å². The van der Waals surface area contributed by atoms with E-state index in [1.165, 1.54) is 25.8 Å². The number of piperidine rings is 1. The number of hydrogen-bond acceptors (Lipinski definition) is 4. The van der Waals surface area contributed by atoms with Crippen LogP contribution in [0.5, 0.6) is 0 Å². The smallest absolute Gasteiger partial charge is 0.137 e. The van der Waals surface area contributed by atoms with Gasteiger partial charge in [0.2, 0.25) is 0 Å². The van der Waals surface area contributed by atoms with Gasteiger partial charge in [-0.15, -0.1) is 24.8 Å². The van der Waals surface area contributed by atoms with Crippen LogP contribution in [-0.2, 0) is 6.54 Å². The third-order valence-corrected chi connectivity index (χ3v) is 3.10. The lowest BCUT2D eigenvalue weighted by atomic mass is 10.0. The van der Waals surface area contributed by atoms with Gasteiger partial charge in [0.15, 0.2) is 0 Å². The highest BCUT2D eigenvalue weighted by molar-refractivity contribution is 5.85. The molecule has 1 fully saturated rings.